The number of halogens is 5. The van der Waals surface area contributed by atoms with Crippen LogP contribution in [0.1, 0.15) is 30.9 Å². The Labute approximate surface area is 237 Å². The predicted octanol–water partition coefficient (Wildman–Crippen LogP) is 6.44. The molecule has 5 nitrogen and oxygen atoms in total. The first-order valence-electron chi connectivity index (χ1n) is 13.3. The second kappa shape index (κ2) is 10.4. The van der Waals surface area contributed by atoms with Gasteiger partial charge in [0.2, 0.25) is 0 Å². The maximum Gasteiger partial charge on any atom is 0.417 e. The van der Waals surface area contributed by atoms with E-state index in [0.717, 1.165) is 23.8 Å². The molecule has 0 radical (unpaired) electrons. The summed E-state index contributed by atoms with van der Waals surface area (Å²) in [5.74, 6) is -0.704. The summed E-state index contributed by atoms with van der Waals surface area (Å²) in [7, 11) is 0. The molecule has 1 fully saturated rings. The number of hydrogen-bond acceptors (Lipinski definition) is 5. The van der Waals surface area contributed by atoms with Crippen molar-refractivity contribution in [2.75, 3.05) is 23.7 Å². The van der Waals surface area contributed by atoms with E-state index in [2.05, 4.69) is 10.3 Å². The normalized spacial score (nSPS) is 21.2. The lowest BCUT2D eigenvalue weighted by Crippen LogP contribution is -2.55. The third-order valence-corrected chi connectivity index (χ3v) is 8.92. The summed E-state index contributed by atoms with van der Waals surface area (Å²) in [6, 6.07) is 12.0. The van der Waals surface area contributed by atoms with E-state index in [1.807, 2.05) is 18.7 Å². The van der Waals surface area contributed by atoms with Gasteiger partial charge in [0.05, 0.1) is 11.1 Å². The van der Waals surface area contributed by atoms with Crippen molar-refractivity contribution < 1.29 is 22.0 Å². The quantitative estimate of drug-likeness (QED) is 0.280. The molecule has 3 atom stereocenters. The molecule has 1 aromatic heterocycles. The summed E-state index contributed by atoms with van der Waals surface area (Å²) in [5.41, 5.74) is -0.191. The average molecular weight is 587 g/mol. The monoisotopic (exact) mass is 586 g/mol. The fourth-order valence-corrected chi connectivity index (χ4v) is 7.36. The third-order valence-electron chi connectivity index (χ3n) is 7.67. The fraction of sp³-hybridized carbons (Fsp3) is 0.333. The highest BCUT2D eigenvalue weighted by Crippen LogP contribution is 2.49. The van der Waals surface area contributed by atoms with Crippen molar-refractivity contribution in [1.29, 1.82) is 0 Å². The summed E-state index contributed by atoms with van der Waals surface area (Å²) < 4.78 is 73.4. The van der Waals surface area contributed by atoms with Crippen LogP contribution in [0, 0.1) is 11.6 Å². The van der Waals surface area contributed by atoms with Crippen molar-refractivity contribution in [3.8, 4) is 11.1 Å². The molecule has 3 heterocycles. The lowest BCUT2D eigenvalue weighted by Gasteiger charge is -2.37. The molecule has 2 aliphatic rings. The van der Waals surface area contributed by atoms with E-state index in [4.69, 9.17) is 0 Å². The van der Waals surface area contributed by atoms with Gasteiger partial charge in [0.1, 0.15) is 17.5 Å². The molecule has 2 aliphatic heterocycles. The van der Waals surface area contributed by atoms with Crippen LogP contribution in [-0.4, -0.2) is 40.5 Å². The van der Waals surface area contributed by atoms with Crippen molar-refractivity contribution >= 4 is 28.5 Å². The number of anilines is 1. The lowest BCUT2D eigenvalue weighted by atomic mass is 9.95. The van der Waals surface area contributed by atoms with Crippen LogP contribution >= 0.6 is 11.8 Å². The molecule has 0 aliphatic carbocycles. The van der Waals surface area contributed by atoms with E-state index in [-0.39, 0.29) is 46.9 Å². The van der Waals surface area contributed by atoms with Crippen LogP contribution in [0.3, 0.4) is 0 Å². The maximum absolute atomic E-state index is 14.8. The molecule has 41 heavy (non-hydrogen) atoms. The standard InChI is InChI=1S/C30H27F5N4OS/c1-16-12-38(13-17(2)36-16)28-23-11-24(30(33,34)35)25(19-5-9-22(32)10-6-19)27-26(23)39(29(40)37-28)14-20(15-41-27)18-3-7-21(31)8-4-18/h3-11,16-17,20,36H,12-15H2,1-2H3/t16-,17+,20?. The number of aromatic nitrogens is 2. The van der Waals surface area contributed by atoms with Gasteiger partial charge in [-0.1, -0.05) is 24.3 Å². The molecule has 0 spiro atoms. The van der Waals surface area contributed by atoms with E-state index >= 15 is 0 Å². The Morgan fingerprint density at radius 2 is 1.54 bits per heavy atom. The van der Waals surface area contributed by atoms with Crippen molar-refractivity contribution in [2.24, 2.45) is 0 Å². The number of rotatable bonds is 3. The highest BCUT2D eigenvalue weighted by molar-refractivity contribution is 7.99. The first-order valence-corrected chi connectivity index (χ1v) is 14.3. The van der Waals surface area contributed by atoms with Gasteiger partial charge in [0.15, 0.2) is 0 Å². The van der Waals surface area contributed by atoms with E-state index in [1.165, 1.54) is 40.6 Å². The Hall–Kier alpha value is -3.44. The van der Waals surface area contributed by atoms with Gasteiger partial charge in [-0.25, -0.2) is 13.6 Å². The van der Waals surface area contributed by atoms with Crippen LogP contribution < -0.4 is 15.9 Å². The van der Waals surface area contributed by atoms with Gasteiger partial charge in [0.25, 0.3) is 0 Å². The van der Waals surface area contributed by atoms with Crippen LogP contribution in [0.25, 0.3) is 22.0 Å². The fourth-order valence-electron chi connectivity index (χ4n) is 5.96. The molecule has 0 saturated carbocycles. The molecule has 0 bridgehead atoms. The minimum atomic E-state index is -4.74. The number of benzene rings is 3. The van der Waals surface area contributed by atoms with Gasteiger partial charge in [0, 0.05) is 59.2 Å². The summed E-state index contributed by atoms with van der Waals surface area (Å²) in [6.07, 6.45) is -4.74. The second-order valence-electron chi connectivity index (χ2n) is 10.8. The molecule has 214 valence electrons. The van der Waals surface area contributed by atoms with E-state index in [9.17, 15) is 26.7 Å². The van der Waals surface area contributed by atoms with Gasteiger partial charge in [-0.15, -0.1) is 11.8 Å². The maximum atomic E-state index is 14.8. The average Bonchev–Trinajstić information content (AvgIpc) is 3.12. The number of piperazine rings is 1. The van der Waals surface area contributed by atoms with Crippen molar-refractivity contribution in [1.82, 2.24) is 14.9 Å². The SMILES string of the molecule is C[C@@H]1CN(c2nc(=O)n3c4c(c(-c5ccc(F)cc5)c(C(F)(F)F)cc24)SCC(c2ccc(F)cc2)C3)C[C@H](C)N1. The van der Waals surface area contributed by atoms with Gasteiger partial charge < -0.3 is 10.2 Å². The zero-order valence-electron chi connectivity index (χ0n) is 22.3. The van der Waals surface area contributed by atoms with Gasteiger partial charge >= 0.3 is 11.9 Å². The van der Waals surface area contributed by atoms with E-state index < -0.39 is 29.1 Å². The summed E-state index contributed by atoms with van der Waals surface area (Å²) in [6.45, 7) is 5.05. The number of hydrogen-bond donors (Lipinski definition) is 1. The topological polar surface area (TPSA) is 50.2 Å². The minimum absolute atomic E-state index is 0.0333. The molecule has 1 N–H and O–H groups in total. The summed E-state index contributed by atoms with van der Waals surface area (Å²) in [5, 5.41) is 3.64. The zero-order chi connectivity index (χ0) is 29.1. The van der Waals surface area contributed by atoms with Crippen LogP contribution in [0.2, 0.25) is 0 Å². The highest BCUT2D eigenvalue weighted by Gasteiger charge is 2.39. The first kappa shape index (κ1) is 27.7. The molecule has 0 amide bonds. The zero-order valence-corrected chi connectivity index (χ0v) is 23.1. The smallest absolute Gasteiger partial charge is 0.353 e. The lowest BCUT2D eigenvalue weighted by molar-refractivity contribution is -0.137. The largest absolute Gasteiger partial charge is 0.417 e. The van der Waals surface area contributed by atoms with Crippen LogP contribution in [-0.2, 0) is 12.7 Å². The van der Waals surface area contributed by atoms with Gasteiger partial charge in [-0.3, -0.25) is 4.57 Å². The number of alkyl halides is 3. The molecule has 6 rings (SSSR count). The van der Waals surface area contributed by atoms with Crippen molar-refractivity contribution in [3.63, 3.8) is 0 Å². The molecule has 3 aromatic carbocycles. The Morgan fingerprint density at radius 1 is 0.927 bits per heavy atom. The Bertz CT molecular complexity index is 1660. The molecular formula is C30H27F5N4OS. The third kappa shape index (κ3) is 5.21. The van der Waals surface area contributed by atoms with Gasteiger partial charge in [-0.05, 0) is 55.3 Å². The van der Waals surface area contributed by atoms with Crippen LogP contribution in [0.15, 0.2) is 64.3 Å². The first-order chi connectivity index (χ1) is 19.5. The number of thioether (sulfide) groups is 1. The Kier molecular flexibility index (Phi) is 7.05. The summed E-state index contributed by atoms with van der Waals surface area (Å²) in [4.78, 5) is 20.3. The molecule has 1 unspecified atom stereocenters. The highest BCUT2D eigenvalue weighted by atomic mass is 32.2. The minimum Gasteiger partial charge on any atom is -0.353 e. The molecule has 1 saturated heterocycles. The predicted molar refractivity (Wildman–Crippen MR) is 151 cm³/mol. The Morgan fingerprint density at radius 3 is 2.15 bits per heavy atom. The van der Waals surface area contributed by atoms with Crippen molar-refractivity contribution in [2.45, 2.75) is 49.5 Å². The Balaban J connectivity index is 1.66. The van der Waals surface area contributed by atoms with Gasteiger partial charge in [-0.2, -0.15) is 18.2 Å². The summed E-state index contributed by atoms with van der Waals surface area (Å²) >= 11 is 1.22. The van der Waals surface area contributed by atoms with Crippen LogP contribution in [0.4, 0.5) is 27.8 Å². The number of nitrogens with one attached hydrogen (secondary N) is 1. The molecular weight excluding hydrogens is 559 g/mol. The molecule has 11 heteroatoms. The van der Waals surface area contributed by atoms with Crippen LogP contribution in [0.5, 0.6) is 0 Å². The van der Waals surface area contributed by atoms with Crippen molar-refractivity contribution in [3.05, 3.63) is 87.8 Å². The van der Waals surface area contributed by atoms with E-state index in [0.29, 0.717) is 29.3 Å². The number of nitrogens with zero attached hydrogens (tertiary/aromatic N) is 3. The van der Waals surface area contributed by atoms with E-state index in [1.54, 1.807) is 12.1 Å². The molecule has 4 aromatic rings. The second-order valence-corrected chi connectivity index (χ2v) is 11.8.